The van der Waals surface area contributed by atoms with Gasteiger partial charge in [0, 0.05) is 16.8 Å². The van der Waals surface area contributed by atoms with Gasteiger partial charge in [0.1, 0.15) is 17.2 Å². The van der Waals surface area contributed by atoms with Crippen molar-refractivity contribution in [2.45, 2.75) is 19.9 Å². The van der Waals surface area contributed by atoms with Crippen LogP contribution in [0.2, 0.25) is 5.02 Å². The summed E-state index contributed by atoms with van der Waals surface area (Å²) < 4.78 is 11.2. The number of hydrogen-bond acceptors (Lipinski definition) is 6. The van der Waals surface area contributed by atoms with E-state index in [4.69, 9.17) is 32.9 Å². The van der Waals surface area contributed by atoms with Gasteiger partial charge < -0.3 is 9.47 Å². The molecule has 0 saturated carbocycles. The lowest BCUT2D eigenvalue weighted by Crippen LogP contribution is -2.36. The van der Waals surface area contributed by atoms with Gasteiger partial charge >= 0.3 is 0 Å². The Morgan fingerprint density at radius 2 is 1.71 bits per heavy atom. The molecule has 9 heteroatoms. The average Bonchev–Trinajstić information content (AvgIpc) is 2.68. The Bertz CT molecular complexity index is 896. The summed E-state index contributed by atoms with van der Waals surface area (Å²) in [4.78, 5) is 24.9. The van der Waals surface area contributed by atoms with Crippen molar-refractivity contribution in [3.63, 3.8) is 0 Å². The lowest BCUT2D eigenvalue weighted by molar-refractivity contribution is -0.126. The molecule has 1 atom stereocenters. The molecule has 0 N–H and O–H groups in total. The highest BCUT2D eigenvalue weighted by Crippen LogP contribution is 2.39. The number of amides is 1. The van der Waals surface area contributed by atoms with E-state index in [2.05, 4.69) is 10.2 Å². The monoisotopic (exact) mass is 423 g/mol. The fourth-order valence-electron chi connectivity index (χ4n) is 2.32. The smallest absolute Gasteiger partial charge is 0.276 e. The molecule has 0 aliphatic rings. The molecular formula is C19H19Cl2N3O4. The minimum absolute atomic E-state index is 0.166. The molecule has 0 aliphatic heterocycles. The molecule has 148 valence electrons. The summed E-state index contributed by atoms with van der Waals surface area (Å²) in [5, 5.41) is 8.34. The number of halogens is 2. The minimum atomic E-state index is -1.44. The Balaban J connectivity index is 2.36. The lowest BCUT2D eigenvalue weighted by atomic mass is 10.2. The quantitative estimate of drug-likeness (QED) is 0.360. The normalized spacial score (nSPS) is 11.9. The zero-order valence-corrected chi connectivity index (χ0v) is 17.3. The van der Waals surface area contributed by atoms with Gasteiger partial charge in [0.15, 0.2) is 5.78 Å². The van der Waals surface area contributed by atoms with Gasteiger partial charge in [-0.3, -0.25) is 9.59 Å². The third-order valence-corrected chi connectivity index (χ3v) is 4.60. The highest BCUT2D eigenvalue weighted by molar-refractivity contribution is 6.40. The maximum atomic E-state index is 12.8. The average molecular weight is 424 g/mol. The number of hydrogen-bond donors (Lipinski definition) is 0. The van der Waals surface area contributed by atoms with E-state index in [0.717, 1.165) is 9.98 Å². The van der Waals surface area contributed by atoms with Gasteiger partial charge in [-0.25, -0.2) is 4.42 Å². The molecule has 0 aromatic heterocycles. The molecule has 0 bridgehead atoms. The van der Waals surface area contributed by atoms with E-state index in [1.165, 1.54) is 21.1 Å². The number of rotatable bonds is 7. The molecule has 2 aromatic rings. The first kappa shape index (κ1) is 21.7. The molecule has 2 rings (SSSR count). The summed E-state index contributed by atoms with van der Waals surface area (Å²) in [5.41, 5.74) is 1.44. The third-order valence-electron chi connectivity index (χ3n) is 3.85. The highest BCUT2D eigenvalue weighted by Gasteiger charge is 2.32. The first-order valence-electron chi connectivity index (χ1n) is 8.18. The summed E-state index contributed by atoms with van der Waals surface area (Å²) >= 11 is 12.3. The molecule has 0 saturated heterocycles. The number of aryl methyl sites for hydroxylation is 1. The summed E-state index contributed by atoms with van der Waals surface area (Å²) in [6.45, 7) is 3.07. The van der Waals surface area contributed by atoms with E-state index in [-0.39, 0.29) is 5.69 Å². The maximum absolute atomic E-state index is 12.8. The number of methoxy groups -OCH3 is 2. The first-order chi connectivity index (χ1) is 13.3. The Hall–Kier alpha value is -2.64. The molecule has 7 nitrogen and oxygen atoms in total. The largest absolute Gasteiger partial charge is 0.494 e. The molecule has 0 heterocycles. The number of para-hydroxylation sites is 1. The van der Waals surface area contributed by atoms with Crippen LogP contribution in [0.4, 0.5) is 11.4 Å². The number of azo groups is 1. The molecule has 1 amide bonds. The van der Waals surface area contributed by atoms with Crippen LogP contribution in [0.3, 0.4) is 0 Å². The summed E-state index contributed by atoms with van der Waals surface area (Å²) in [6, 6.07) is 8.48. The number of carbonyl (C=O) groups is 2. The van der Waals surface area contributed by atoms with Crippen LogP contribution < -0.4 is 13.9 Å². The SMILES string of the molecule is COc1cccc(OC)c1N(Cl)C(=O)C(N=Nc1ccc(C)c(Cl)c1)C(C)=O. The van der Waals surface area contributed by atoms with Gasteiger partial charge in [-0.1, -0.05) is 23.7 Å². The van der Waals surface area contributed by atoms with Gasteiger partial charge in [0.2, 0.25) is 6.04 Å². The van der Waals surface area contributed by atoms with E-state index in [9.17, 15) is 9.59 Å². The van der Waals surface area contributed by atoms with E-state index >= 15 is 0 Å². The fourth-order valence-corrected chi connectivity index (χ4v) is 2.75. The van der Waals surface area contributed by atoms with Crippen molar-refractivity contribution in [2.24, 2.45) is 10.2 Å². The van der Waals surface area contributed by atoms with E-state index < -0.39 is 17.7 Å². The molecular weight excluding hydrogens is 405 g/mol. The second-order valence-corrected chi connectivity index (χ2v) is 6.54. The molecule has 0 fully saturated rings. The predicted octanol–water partition coefficient (Wildman–Crippen LogP) is 4.89. The van der Waals surface area contributed by atoms with Crippen LogP contribution in [0.25, 0.3) is 0 Å². The third kappa shape index (κ3) is 4.79. The molecule has 0 radical (unpaired) electrons. The summed E-state index contributed by atoms with van der Waals surface area (Å²) in [7, 11) is 2.85. The predicted molar refractivity (Wildman–Crippen MR) is 108 cm³/mol. The number of ketones is 1. The van der Waals surface area contributed by atoms with Gasteiger partial charge in [-0.05, 0) is 43.7 Å². The highest BCUT2D eigenvalue weighted by atomic mass is 35.5. The van der Waals surface area contributed by atoms with Gasteiger partial charge in [0.05, 0.1) is 19.9 Å². The van der Waals surface area contributed by atoms with Crippen molar-refractivity contribution in [1.82, 2.24) is 0 Å². The van der Waals surface area contributed by atoms with E-state index in [1.54, 1.807) is 36.4 Å². The van der Waals surface area contributed by atoms with E-state index in [1.807, 2.05) is 6.92 Å². The van der Waals surface area contributed by atoms with Gasteiger partial charge in [0.25, 0.3) is 5.91 Å². The maximum Gasteiger partial charge on any atom is 0.276 e. The second kappa shape index (κ2) is 9.52. The Morgan fingerprint density at radius 1 is 1.11 bits per heavy atom. The summed E-state index contributed by atoms with van der Waals surface area (Å²) in [6.07, 6.45) is 0. The van der Waals surface area contributed by atoms with Crippen molar-refractivity contribution in [2.75, 3.05) is 18.6 Å². The first-order valence-corrected chi connectivity index (χ1v) is 8.90. The van der Waals surface area contributed by atoms with Crippen LogP contribution >= 0.6 is 23.4 Å². The number of carbonyl (C=O) groups excluding carboxylic acids is 2. The van der Waals surface area contributed by atoms with Crippen LogP contribution in [0.15, 0.2) is 46.6 Å². The van der Waals surface area contributed by atoms with Gasteiger partial charge in [-0.15, -0.1) is 0 Å². The van der Waals surface area contributed by atoms with Crippen LogP contribution in [0, 0.1) is 6.92 Å². The van der Waals surface area contributed by atoms with Crippen molar-refractivity contribution < 1.29 is 19.1 Å². The van der Waals surface area contributed by atoms with Crippen LogP contribution in [-0.4, -0.2) is 32.0 Å². The molecule has 0 spiro atoms. The Kier molecular flexibility index (Phi) is 7.37. The van der Waals surface area contributed by atoms with Crippen LogP contribution in [0.1, 0.15) is 12.5 Å². The van der Waals surface area contributed by atoms with Crippen molar-refractivity contribution in [3.05, 3.63) is 47.0 Å². The number of benzene rings is 2. The minimum Gasteiger partial charge on any atom is -0.494 e. The van der Waals surface area contributed by atoms with Crippen LogP contribution in [0.5, 0.6) is 11.5 Å². The summed E-state index contributed by atoms with van der Waals surface area (Å²) in [5.74, 6) is -0.718. The Morgan fingerprint density at radius 3 is 2.21 bits per heavy atom. The topological polar surface area (TPSA) is 80.6 Å². The molecule has 0 aliphatic carbocycles. The lowest BCUT2D eigenvalue weighted by Gasteiger charge is -2.21. The van der Waals surface area contributed by atoms with E-state index in [0.29, 0.717) is 22.2 Å². The van der Waals surface area contributed by atoms with Crippen molar-refractivity contribution in [1.29, 1.82) is 0 Å². The van der Waals surface area contributed by atoms with Crippen molar-refractivity contribution in [3.8, 4) is 11.5 Å². The molecule has 28 heavy (non-hydrogen) atoms. The number of Topliss-reactive ketones (excluding diaryl/α,β-unsaturated/α-hetero) is 1. The zero-order chi connectivity index (χ0) is 20.8. The Labute approximate surface area is 173 Å². The van der Waals surface area contributed by atoms with Gasteiger partial charge in [-0.2, -0.15) is 10.2 Å². The number of ether oxygens (including phenoxy) is 2. The zero-order valence-electron chi connectivity index (χ0n) is 15.8. The standard InChI is InChI=1S/C19H19Cl2N3O4/c1-11-8-9-13(10-14(11)20)22-23-17(12(2)25)19(26)24(21)18-15(27-3)6-5-7-16(18)28-4/h5-10,17H,1-4H3. The van der Waals surface area contributed by atoms with Crippen molar-refractivity contribution >= 4 is 46.4 Å². The number of anilines is 1. The molecule has 2 aromatic carbocycles. The molecule has 1 unspecified atom stereocenters. The van der Waals surface area contributed by atoms with Crippen LogP contribution in [-0.2, 0) is 9.59 Å². The fraction of sp³-hybridized carbons (Fsp3) is 0.263. The number of nitrogens with zero attached hydrogens (tertiary/aromatic N) is 3. The second-order valence-electron chi connectivity index (χ2n) is 5.79.